The predicted molar refractivity (Wildman–Crippen MR) is 78.7 cm³/mol. The maximum atomic E-state index is 14.1. The van der Waals surface area contributed by atoms with Crippen molar-refractivity contribution in [3.63, 3.8) is 0 Å². The van der Waals surface area contributed by atoms with Crippen LogP contribution in [-0.2, 0) is 4.12 Å². The summed E-state index contributed by atoms with van der Waals surface area (Å²) in [6, 6.07) is 15.7. The molecule has 0 spiro atoms. The highest BCUT2D eigenvalue weighted by Gasteiger charge is 2.50. The molecule has 0 saturated heterocycles. The monoisotopic (exact) mass is 334 g/mol. The third-order valence-electron chi connectivity index (χ3n) is 2.48. The summed E-state index contributed by atoms with van der Waals surface area (Å²) >= 11 is 12.1. The highest BCUT2D eigenvalue weighted by Crippen LogP contribution is 2.23. The van der Waals surface area contributed by atoms with Crippen LogP contribution in [0.3, 0.4) is 0 Å². The molecule has 0 radical (unpaired) electrons. The minimum Gasteiger partial charge on any atom is -0.378 e. The van der Waals surface area contributed by atoms with Gasteiger partial charge < -0.3 is 4.12 Å². The second kappa shape index (κ2) is 5.72. The van der Waals surface area contributed by atoms with Crippen LogP contribution in [0, 0.1) is 0 Å². The molecule has 0 fully saturated rings. The molecule has 0 N–H and O–H groups in total. The van der Waals surface area contributed by atoms with Gasteiger partial charge in [-0.15, -0.1) is 22.2 Å². The van der Waals surface area contributed by atoms with Crippen molar-refractivity contribution in [3.8, 4) is 0 Å². The van der Waals surface area contributed by atoms with Gasteiger partial charge in [0.05, 0.1) is 0 Å². The van der Waals surface area contributed by atoms with E-state index in [1.54, 1.807) is 36.4 Å². The average molecular weight is 335 g/mol. The first-order valence-electron chi connectivity index (χ1n) is 5.49. The summed E-state index contributed by atoms with van der Waals surface area (Å²) in [5.41, 5.74) is 0. The van der Waals surface area contributed by atoms with E-state index in [2.05, 4.69) is 0 Å². The van der Waals surface area contributed by atoms with Crippen LogP contribution in [-0.4, -0.2) is 15.9 Å². The molecule has 0 atom stereocenters. The zero-order chi connectivity index (χ0) is 13.9. The second-order valence-electron chi connectivity index (χ2n) is 3.87. The number of hydrogen-bond donors (Lipinski definition) is 0. The van der Waals surface area contributed by atoms with E-state index < -0.39 is 15.9 Å². The van der Waals surface area contributed by atoms with Gasteiger partial charge in [-0.05, 0) is 5.19 Å². The maximum Gasteiger partial charge on any atom is 0.605 e. The molecule has 19 heavy (non-hydrogen) atoms. The average Bonchev–Trinajstić information content (AvgIpc) is 2.40. The summed E-state index contributed by atoms with van der Waals surface area (Å²) in [6.45, 7) is -3.64. The Balaban J connectivity index is 2.25. The Kier molecular flexibility index (Phi) is 4.42. The Morgan fingerprint density at radius 2 is 1.16 bits per heavy atom. The van der Waals surface area contributed by atoms with Crippen molar-refractivity contribution in [2.24, 2.45) is 0 Å². The Morgan fingerprint density at radius 1 is 0.737 bits per heavy atom. The minimum absolute atomic E-state index is 0.135. The van der Waals surface area contributed by atoms with Crippen molar-refractivity contribution in [2.45, 2.75) is 0 Å². The normalized spacial score (nSPS) is 12.4. The first kappa shape index (κ1) is 14.7. The molecule has 100 valence electrons. The molecule has 2 aromatic rings. The minimum atomic E-state index is -5.10. The summed E-state index contributed by atoms with van der Waals surface area (Å²) in [7, 11) is -5.10. The molecule has 0 unspecified atom stereocenters. The lowest BCUT2D eigenvalue weighted by Crippen LogP contribution is -2.54. The second-order valence-corrected chi connectivity index (χ2v) is 11.7. The van der Waals surface area contributed by atoms with Crippen LogP contribution in [0.4, 0.5) is 8.22 Å². The van der Waals surface area contributed by atoms with Crippen molar-refractivity contribution in [1.29, 1.82) is 0 Å². The smallest absolute Gasteiger partial charge is 0.378 e. The fourth-order valence-electron chi connectivity index (χ4n) is 1.54. The predicted octanol–water partition coefficient (Wildman–Crippen LogP) is 3.11. The Labute approximate surface area is 121 Å². The van der Waals surface area contributed by atoms with Crippen LogP contribution in [0.25, 0.3) is 0 Å². The van der Waals surface area contributed by atoms with Crippen LogP contribution < -0.4 is 10.4 Å². The SMILES string of the molecule is F[Si](F)(O[Si](Cl)(Cl)c1ccccc1)c1ccccc1. The van der Waals surface area contributed by atoms with Gasteiger partial charge in [-0.2, -0.15) is 0 Å². The summed E-state index contributed by atoms with van der Waals surface area (Å²) in [4.78, 5) is 0. The van der Waals surface area contributed by atoms with Gasteiger partial charge in [-0.3, -0.25) is 0 Å². The third kappa shape index (κ3) is 3.64. The van der Waals surface area contributed by atoms with Crippen LogP contribution in [0.15, 0.2) is 60.7 Å². The van der Waals surface area contributed by atoms with E-state index in [1.807, 2.05) is 0 Å². The van der Waals surface area contributed by atoms with E-state index in [1.165, 1.54) is 24.3 Å². The molecule has 2 aromatic carbocycles. The van der Waals surface area contributed by atoms with Gasteiger partial charge in [0.25, 0.3) is 0 Å². The summed E-state index contributed by atoms with van der Waals surface area (Å²) in [6.07, 6.45) is 0. The van der Waals surface area contributed by atoms with E-state index in [0.717, 1.165) is 0 Å². The molecule has 0 heterocycles. The third-order valence-corrected chi connectivity index (χ3v) is 9.24. The summed E-state index contributed by atoms with van der Waals surface area (Å²) in [5, 5.41) is 0.283. The van der Waals surface area contributed by atoms with E-state index >= 15 is 0 Å². The van der Waals surface area contributed by atoms with Gasteiger partial charge in [-0.1, -0.05) is 60.7 Å². The fourth-order valence-corrected chi connectivity index (χ4v) is 7.44. The van der Waals surface area contributed by atoms with Crippen LogP contribution in [0.1, 0.15) is 0 Å². The summed E-state index contributed by atoms with van der Waals surface area (Å²) < 4.78 is 33.1. The fraction of sp³-hybridized carbons (Fsp3) is 0. The lowest BCUT2D eigenvalue weighted by Gasteiger charge is -2.23. The zero-order valence-electron chi connectivity index (χ0n) is 9.69. The molecule has 0 aliphatic rings. The lowest BCUT2D eigenvalue weighted by atomic mass is 10.4. The number of halogens is 4. The first-order valence-corrected chi connectivity index (χ1v) is 11.1. The number of rotatable bonds is 4. The van der Waals surface area contributed by atoms with E-state index in [-0.39, 0.29) is 5.19 Å². The van der Waals surface area contributed by atoms with Gasteiger partial charge in [0.1, 0.15) is 0 Å². The van der Waals surface area contributed by atoms with Crippen molar-refractivity contribution in [3.05, 3.63) is 60.7 Å². The van der Waals surface area contributed by atoms with Gasteiger partial charge in [0, 0.05) is 5.19 Å². The largest absolute Gasteiger partial charge is 0.605 e. The van der Waals surface area contributed by atoms with Gasteiger partial charge in [0.2, 0.25) is 0 Å². The lowest BCUT2D eigenvalue weighted by molar-refractivity contribution is 0.411. The highest BCUT2D eigenvalue weighted by molar-refractivity contribution is 7.49. The quantitative estimate of drug-likeness (QED) is 0.616. The molecule has 7 heteroatoms. The Bertz CT molecular complexity index is 488. The number of hydrogen-bond acceptors (Lipinski definition) is 1. The standard InChI is InChI=1S/C12H10Cl2F2OSi2/c13-18(14,11-7-3-1-4-8-11)17-19(15,16)12-9-5-2-6-10-12/h1-10H. The molecular formula is C12H10Cl2F2OSi2. The summed E-state index contributed by atoms with van der Waals surface area (Å²) in [5.74, 6) is 0. The van der Waals surface area contributed by atoms with Crippen LogP contribution in [0.5, 0.6) is 0 Å². The molecule has 0 amide bonds. The molecular weight excluding hydrogens is 325 g/mol. The van der Waals surface area contributed by atoms with E-state index in [0.29, 0.717) is 5.19 Å². The Hall–Kier alpha value is -0.726. The topological polar surface area (TPSA) is 9.23 Å². The van der Waals surface area contributed by atoms with Crippen LogP contribution >= 0.6 is 22.2 Å². The van der Waals surface area contributed by atoms with Crippen molar-refractivity contribution in [2.75, 3.05) is 0 Å². The van der Waals surface area contributed by atoms with Gasteiger partial charge >= 0.3 is 15.9 Å². The molecule has 0 bridgehead atoms. The molecule has 0 aromatic heterocycles. The molecule has 2 rings (SSSR count). The van der Waals surface area contributed by atoms with Gasteiger partial charge in [-0.25, -0.2) is 8.22 Å². The van der Waals surface area contributed by atoms with E-state index in [4.69, 9.17) is 26.3 Å². The van der Waals surface area contributed by atoms with Crippen molar-refractivity contribution < 1.29 is 12.3 Å². The van der Waals surface area contributed by atoms with Crippen molar-refractivity contribution >= 4 is 48.5 Å². The zero-order valence-corrected chi connectivity index (χ0v) is 13.2. The maximum absolute atomic E-state index is 14.1. The molecule has 0 aliphatic carbocycles. The molecule has 0 aliphatic heterocycles. The highest BCUT2D eigenvalue weighted by atomic mass is 35.7. The Morgan fingerprint density at radius 3 is 1.63 bits per heavy atom. The van der Waals surface area contributed by atoms with Gasteiger partial charge in [0.15, 0.2) is 0 Å². The van der Waals surface area contributed by atoms with Crippen LogP contribution in [0.2, 0.25) is 0 Å². The first-order chi connectivity index (χ1) is 8.92. The number of benzene rings is 2. The molecule has 1 nitrogen and oxygen atoms in total. The van der Waals surface area contributed by atoms with E-state index in [9.17, 15) is 8.22 Å². The molecule has 0 saturated carbocycles. The van der Waals surface area contributed by atoms with Crippen molar-refractivity contribution in [1.82, 2.24) is 0 Å².